The Balaban J connectivity index is 1.60. The summed E-state index contributed by atoms with van der Waals surface area (Å²) in [4.78, 5) is 25.6. The van der Waals surface area contributed by atoms with Crippen LogP contribution in [0.3, 0.4) is 0 Å². The molecule has 0 N–H and O–H groups in total. The van der Waals surface area contributed by atoms with Gasteiger partial charge in [0, 0.05) is 48.5 Å². The zero-order chi connectivity index (χ0) is 21.1. The number of benzene rings is 1. The van der Waals surface area contributed by atoms with Crippen LogP contribution in [0.25, 0.3) is 22.4 Å². The molecule has 7 heteroatoms. The van der Waals surface area contributed by atoms with E-state index in [1.165, 1.54) is 0 Å². The molecule has 1 aromatic carbocycles. The number of hydrogen-bond donors (Lipinski definition) is 0. The van der Waals surface area contributed by atoms with Crippen molar-refractivity contribution < 1.29 is 9.53 Å². The van der Waals surface area contributed by atoms with Gasteiger partial charge < -0.3 is 4.74 Å². The molecule has 0 bridgehead atoms. The summed E-state index contributed by atoms with van der Waals surface area (Å²) in [6, 6.07) is 7.71. The standard InChI is InChI=1S/C23H21N5O2/c1-15-6-7-24-12-20(15)22(29)9-18-11-26-21(13-25-18)19-8-16(4-5-23(19)30-3)17-10-27-28(2)14-17/h4-8,10-14H,9H2,1-3H3. The topological polar surface area (TPSA) is 82.8 Å². The fraction of sp³-hybridized carbons (Fsp3) is 0.174. The van der Waals surface area contributed by atoms with Crippen LogP contribution in [0.5, 0.6) is 5.75 Å². The van der Waals surface area contributed by atoms with E-state index >= 15 is 0 Å². The molecule has 0 unspecified atom stereocenters. The summed E-state index contributed by atoms with van der Waals surface area (Å²) in [5.41, 5.74) is 5.62. The van der Waals surface area contributed by atoms with Crippen molar-refractivity contribution in [2.75, 3.05) is 7.11 Å². The number of aromatic nitrogens is 5. The van der Waals surface area contributed by atoms with E-state index in [1.54, 1.807) is 36.6 Å². The molecule has 150 valence electrons. The van der Waals surface area contributed by atoms with E-state index in [0.29, 0.717) is 22.7 Å². The number of nitrogens with zero attached hydrogens (tertiary/aromatic N) is 5. The van der Waals surface area contributed by atoms with E-state index < -0.39 is 0 Å². The summed E-state index contributed by atoms with van der Waals surface area (Å²) in [5, 5.41) is 4.23. The van der Waals surface area contributed by atoms with Crippen molar-refractivity contribution >= 4 is 5.78 Å². The van der Waals surface area contributed by atoms with Gasteiger partial charge in [-0.25, -0.2) is 0 Å². The van der Waals surface area contributed by atoms with Crippen LogP contribution in [0.15, 0.2) is 61.4 Å². The molecule has 3 aromatic heterocycles. The van der Waals surface area contributed by atoms with Gasteiger partial charge in [0.15, 0.2) is 5.78 Å². The number of hydrogen-bond acceptors (Lipinski definition) is 6. The average molecular weight is 399 g/mol. The van der Waals surface area contributed by atoms with Gasteiger partial charge in [0.05, 0.1) is 37.3 Å². The van der Waals surface area contributed by atoms with Crippen molar-refractivity contribution in [2.24, 2.45) is 7.05 Å². The van der Waals surface area contributed by atoms with Crippen molar-refractivity contribution in [1.82, 2.24) is 24.7 Å². The fourth-order valence-electron chi connectivity index (χ4n) is 3.26. The van der Waals surface area contributed by atoms with Crippen LogP contribution in [-0.2, 0) is 13.5 Å². The van der Waals surface area contributed by atoms with Crippen LogP contribution in [0.2, 0.25) is 0 Å². The highest BCUT2D eigenvalue weighted by Gasteiger charge is 2.14. The van der Waals surface area contributed by atoms with Crippen LogP contribution < -0.4 is 4.74 Å². The second-order valence-electron chi connectivity index (χ2n) is 7.00. The summed E-state index contributed by atoms with van der Waals surface area (Å²) in [5.74, 6) is 0.672. The molecule has 3 heterocycles. The number of rotatable bonds is 6. The number of aryl methyl sites for hydroxylation is 2. The molecule has 0 aliphatic heterocycles. The first kappa shape index (κ1) is 19.4. The van der Waals surface area contributed by atoms with Gasteiger partial charge in [-0.3, -0.25) is 24.4 Å². The highest BCUT2D eigenvalue weighted by Crippen LogP contribution is 2.33. The molecule has 0 atom stereocenters. The zero-order valence-electron chi connectivity index (χ0n) is 17.0. The van der Waals surface area contributed by atoms with Gasteiger partial charge in [-0.2, -0.15) is 5.10 Å². The Bertz CT molecular complexity index is 1200. The van der Waals surface area contributed by atoms with E-state index in [9.17, 15) is 4.79 Å². The molecule has 4 rings (SSSR count). The van der Waals surface area contributed by atoms with Gasteiger partial charge in [0.2, 0.25) is 0 Å². The number of methoxy groups -OCH3 is 1. The van der Waals surface area contributed by atoms with Crippen molar-refractivity contribution in [3.05, 3.63) is 78.3 Å². The minimum absolute atomic E-state index is 0.0289. The third-order valence-electron chi connectivity index (χ3n) is 4.90. The predicted molar refractivity (Wildman–Crippen MR) is 113 cm³/mol. The average Bonchev–Trinajstić information content (AvgIpc) is 3.20. The summed E-state index contributed by atoms with van der Waals surface area (Å²) in [6.45, 7) is 1.89. The Morgan fingerprint density at radius 1 is 1.07 bits per heavy atom. The van der Waals surface area contributed by atoms with E-state index in [1.807, 2.05) is 50.6 Å². The third-order valence-corrected chi connectivity index (χ3v) is 4.90. The molecule has 0 radical (unpaired) electrons. The van der Waals surface area contributed by atoms with Crippen LogP contribution in [0.4, 0.5) is 0 Å². The van der Waals surface area contributed by atoms with Crippen LogP contribution in [0.1, 0.15) is 21.6 Å². The van der Waals surface area contributed by atoms with E-state index in [-0.39, 0.29) is 12.2 Å². The summed E-state index contributed by atoms with van der Waals surface area (Å²) in [6.07, 6.45) is 10.5. The molecular weight excluding hydrogens is 378 g/mol. The van der Waals surface area contributed by atoms with Crippen LogP contribution in [-0.4, -0.2) is 37.6 Å². The number of ketones is 1. The Kier molecular flexibility index (Phi) is 5.34. The first-order valence-electron chi connectivity index (χ1n) is 9.47. The molecule has 0 spiro atoms. The fourth-order valence-corrected chi connectivity index (χ4v) is 3.26. The largest absolute Gasteiger partial charge is 0.496 e. The molecule has 7 nitrogen and oxygen atoms in total. The molecule has 0 saturated heterocycles. The van der Waals surface area contributed by atoms with Gasteiger partial charge in [-0.1, -0.05) is 6.07 Å². The van der Waals surface area contributed by atoms with Gasteiger partial charge in [-0.15, -0.1) is 0 Å². The smallest absolute Gasteiger partial charge is 0.170 e. The maximum absolute atomic E-state index is 12.6. The lowest BCUT2D eigenvalue weighted by Crippen LogP contribution is -2.08. The number of carbonyl (C=O) groups excluding carboxylic acids is 1. The zero-order valence-corrected chi connectivity index (χ0v) is 17.0. The highest BCUT2D eigenvalue weighted by molar-refractivity contribution is 5.98. The van der Waals surface area contributed by atoms with Crippen molar-refractivity contribution in [1.29, 1.82) is 0 Å². The maximum Gasteiger partial charge on any atom is 0.170 e. The van der Waals surface area contributed by atoms with Crippen molar-refractivity contribution in [3.63, 3.8) is 0 Å². The lowest BCUT2D eigenvalue weighted by Gasteiger charge is -2.10. The van der Waals surface area contributed by atoms with Crippen molar-refractivity contribution in [3.8, 4) is 28.1 Å². The summed E-state index contributed by atoms with van der Waals surface area (Å²) in [7, 11) is 3.51. The van der Waals surface area contributed by atoms with Crippen LogP contribution in [0, 0.1) is 6.92 Å². The van der Waals surface area contributed by atoms with Gasteiger partial charge in [-0.05, 0) is 36.2 Å². The van der Waals surface area contributed by atoms with Gasteiger partial charge in [0.25, 0.3) is 0 Å². The van der Waals surface area contributed by atoms with E-state index in [4.69, 9.17) is 4.74 Å². The first-order chi connectivity index (χ1) is 14.5. The first-order valence-corrected chi connectivity index (χ1v) is 9.47. The number of ether oxygens (including phenoxy) is 1. The minimum Gasteiger partial charge on any atom is -0.496 e. The van der Waals surface area contributed by atoms with Gasteiger partial charge in [0.1, 0.15) is 5.75 Å². The number of carbonyl (C=O) groups is 1. The third kappa shape index (κ3) is 3.96. The molecule has 0 fully saturated rings. The SMILES string of the molecule is COc1ccc(-c2cnn(C)c2)cc1-c1cnc(CC(=O)c2cnccc2C)cn1. The highest BCUT2D eigenvalue weighted by atomic mass is 16.5. The second kappa shape index (κ2) is 8.24. The maximum atomic E-state index is 12.6. The molecule has 30 heavy (non-hydrogen) atoms. The molecule has 0 saturated carbocycles. The minimum atomic E-state index is -0.0289. The Hall–Kier alpha value is -3.87. The molecule has 0 amide bonds. The molecule has 0 aliphatic rings. The molecule has 0 aliphatic carbocycles. The normalized spacial score (nSPS) is 10.8. The number of Topliss-reactive ketones (excluding diaryl/α,β-unsaturated/α-hetero) is 1. The Labute approximate surface area is 174 Å². The monoisotopic (exact) mass is 399 g/mol. The Morgan fingerprint density at radius 2 is 1.93 bits per heavy atom. The predicted octanol–water partition coefficient (Wildman–Crippen LogP) is 3.68. The Morgan fingerprint density at radius 3 is 2.60 bits per heavy atom. The number of pyridine rings is 1. The molecular formula is C23H21N5O2. The van der Waals surface area contributed by atoms with E-state index in [0.717, 1.165) is 22.3 Å². The van der Waals surface area contributed by atoms with Crippen LogP contribution >= 0.6 is 0 Å². The van der Waals surface area contributed by atoms with E-state index in [2.05, 4.69) is 20.1 Å². The summed E-state index contributed by atoms with van der Waals surface area (Å²) >= 11 is 0. The van der Waals surface area contributed by atoms with Crippen molar-refractivity contribution in [2.45, 2.75) is 13.3 Å². The lowest BCUT2D eigenvalue weighted by atomic mass is 10.0. The van der Waals surface area contributed by atoms with Gasteiger partial charge >= 0.3 is 0 Å². The summed E-state index contributed by atoms with van der Waals surface area (Å²) < 4.78 is 7.27. The quantitative estimate of drug-likeness (QED) is 0.460. The lowest BCUT2D eigenvalue weighted by molar-refractivity contribution is 0.0991. The second-order valence-corrected chi connectivity index (χ2v) is 7.00. The molecule has 4 aromatic rings.